The molecular formula is C16H18N2O4S. The van der Waals surface area contributed by atoms with E-state index in [4.69, 9.17) is 4.74 Å². The lowest BCUT2D eigenvalue weighted by atomic mass is 10.1. The normalized spacial score (nSPS) is 23.9. The number of rotatable bonds is 4. The number of fused-ring (bicyclic) bond motifs is 1. The van der Waals surface area contributed by atoms with Crippen molar-refractivity contribution in [3.63, 3.8) is 0 Å². The Morgan fingerprint density at radius 2 is 2.04 bits per heavy atom. The van der Waals surface area contributed by atoms with Crippen LogP contribution >= 0.6 is 11.3 Å². The molecule has 0 radical (unpaired) electrons. The van der Waals surface area contributed by atoms with E-state index in [9.17, 15) is 14.4 Å². The quantitative estimate of drug-likeness (QED) is 0.796. The standard InChI is InChI=1S/C16H18N2O4S/c1-8-3-11(8)18-14(20)13-9(2)12(5-19)23-15(13)17(16(18)21)4-10-6-22-7-10/h5,8,10-11H,3-4,6-7H2,1-2H3/t8-,11-/m0/s1. The number of aryl methyl sites for hydroxylation is 1. The van der Waals surface area contributed by atoms with Crippen molar-refractivity contribution in [2.75, 3.05) is 13.2 Å². The summed E-state index contributed by atoms with van der Waals surface area (Å²) in [6.45, 7) is 5.64. The summed E-state index contributed by atoms with van der Waals surface area (Å²) in [5.41, 5.74) is 0.190. The molecule has 4 rings (SSSR count). The zero-order chi connectivity index (χ0) is 16.3. The predicted octanol–water partition coefficient (Wildman–Crippen LogP) is 1.57. The Morgan fingerprint density at radius 1 is 1.35 bits per heavy atom. The molecule has 7 heteroatoms. The van der Waals surface area contributed by atoms with Gasteiger partial charge in [-0.15, -0.1) is 11.3 Å². The van der Waals surface area contributed by atoms with Gasteiger partial charge in [-0.05, 0) is 24.8 Å². The molecule has 0 N–H and O–H groups in total. The lowest BCUT2D eigenvalue weighted by Gasteiger charge is -2.27. The summed E-state index contributed by atoms with van der Waals surface area (Å²) in [4.78, 5) is 38.2. The smallest absolute Gasteiger partial charge is 0.332 e. The Hall–Kier alpha value is -1.73. The van der Waals surface area contributed by atoms with Gasteiger partial charge in [0.2, 0.25) is 0 Å². The van der Waals surface area contributed by atoms with Gasteiger partial charge in [0.1, 0.15) is 4.83 Å². The van der Waals surface area contributed by atoms with Crippen LogP contribution in [0.15, 0.2) is 9.59 Å². The average molecular weight is 334 g/mol. The first-order chi connectivity index (χ1) is 11.0. The molecule has 1 aliphatic heterocycles. The average Bonchev–Trinajstić information content (AvgIpc) is 3.07. The zero-order valence-electron chi connectivity index (χ0n) is 13.1. The molecule has 2 aliphatic rings. The van der Waals surface area contributed by atoms with Crippen LogP contribution in [-0.4, -0.2) is 28.6 Å². The number of carbonyl (C=O) groups is 1. The van der Waals surface area contributed by atoms with Gasteiger partial charge in [0.05, 0.1) is 23.5 Å². The minimum absolute atomic E-state index is 0.0118. The predicted molar refractivity (Wildman–Crippen MR) is 87.6 cm³/mol. The molecule has 0 spiro atoms. The van der Waals surface area contributed by atoms with Crippen LogP contribution in [0.5, 0.6) is 0 Å². The number of thiophene rings is 1. The van der Waals surface area contributed by atoms with Crippen LogP contribution in [0.3, 0.4) is 0 Å². The fourth-order valence-electron chi connectivity index (χ4n) is 3.26. The van der Waals surface area contributed by atoms with Crippen LogP contribution in [0, 0.1) is 18.8 Å². The van der Waals surface area contributed by atoms with Crippen LogP contribution in [0.1, 0.15) is 34.6 Å². The molecule has 2 aromatic heterocycles. The van der Waals surface area contributed by atoms with Gasteiger partial charge in [0.15, 0.2) is 6.29 Å². The molecule has 6 nitrogen and oxygen atoms in total. The van der Waals surface area contributed by atoms with Gasteiger partial charge >= 0.3 is 5.69 Å². The molecule has 0 unspecified atom stereocenters. The highest BCUT2D eigenvalue weighted by Gasteiger charge is 2.38. The largest absolute Gasteiger partial charge is 0.381 e. The molecule has 2 aromatic rings. The summed E-state index contributed by atoms with van der Waals surface area (Å²) in [6, 6.07) is -0.0118. The van der Waals surface area contributed by atoms with Gasteiger partial charge in [-0.3, -0.25) is 18.7 Å². The van der Waals surface area contributed by atoms with Crippen molar-refractivity contribution in [1.82, 2.24) is 9.13 Å². The highest BCUT2D eigenvalue weighted by Crippen LogP contribution is 2.41. The second kappa shape index (κ2) is 5.14. The third-order valence-electron chi connectivity index (χ3n) is 4.93. The summed E-state index contributed by atoms with van der Waals surface area (Å²) in [7, 11) is 0. The van der Waals surface area contributed by atoms with Crippen molar-refractivity contribution < 1.29 is 9.53 Å². The summed E-state index contributed by atoms with van der Waals surface area (Å²) < 4.78 is 8.29. The lowest BCUT2D eigenvalue weighted by molar-refractivity contribution is -0.0394. The van der Waals surface area contributed by atoms with Crippen molar-refractivity contribution in [3.05, 3.63) is 31.3 Å². The summed E-state index contributed by atoms with van der Waals surface area (Å²) >= 11 is 1.24. The zero-order valence-corrected chi connectivity index (χ0v) is 13.9. The molecule has 2 fully saturated rings. The number of ether oxygens (including phenoxy) is 1. The van der Waals surface area contributed by atoms with E-state index in [1.54, 1.807) is 11.5 Å². The first-order valence-corrected chi connectivity index (χ1v) is 8.66. The Bertz CT molecular complexity index is 919. The molecule has 3 heterocycles. The van der Waals surface area contributed by atoms with Crippen molar-refractivity contribution in [3.8, 4) is 0 Å². The highest BCUT2D eigenvalue weighted by atomic mass is 32.1. The fourth-order valence-corrected chi connectivity index (χ4v) is 4.37. The van der Waals surface area contributed by atoms with Crippen LogP contribution in [-0.2, 0) is 11.3 Å². The number of nitrogens with zero attached hydrogens (tertiary/aromatic N) is 2. The van der Waals surface area contributed by atoms with Crippen molar-refractivity contribution in [2.45, 2.75) is 32.9 Å². The van der Waals surface area contributed by atoms with Crippen LogP contribution in [0.2, 0.25) is 0 Å². The van der Waals surface area contributed by atoms with Crippen molar-refractivity contribution in [1.29, 1.82) is 0 Å². The van der Waals surface area contributed by atoms with E-state index in [-0.39, 0.29) is 17.3 Å². The molecule has 122 valence electrons. The maximum atomic E-state index is 12.9. The maximum absolute atomic E-state index is 12.9. The molecule has 0 aromatic carbocycles. The van der Waals surface area contributed by atoms with Crippen LogP contribution < -0.4 is 11.2 Å². The lowest BCUT2D eigenvalue weighted by Crippen LogP contribution is -2.43. The van der Waals surface area contributed by atoms with Gasteiger partial charge in [0.25, 0.3) is 5.56 Å². The van der Waals surface area contributed by atoms with Gasteiger partial charge in [-0.2, -0.15) is 0 Å². The van der Waals surface area contributed by atoms with Crippen molar-refractivity contribution >= 4 is 27.8 Å². The Balaban J connectivity index is 2.02. The third kappa shape index (κ3) is 2.14. The maximum Gasteiger partial charge on any atom is 0.332 e. The molecule has 0 amide bonds. The Labute approximate surface area is 136 Å². The number of hydrogen-bond acceptors (Lipinski definition) is 5. The molecule has 1 saturated carbocycles. The first-order valence-electron chi connectivity index (χ1n) is 7.84. The highest BCUT2D eigenvalue weighted by molar-refractivity contribution is 7.20. The van der Waals surface area contributed by atoms with E-state index < -0.39 is 0 Å². The van der Waals surface area contributed by atoms with Gasteiger partial charge in [-0.25, -0.2) is 4.79 Å². The van der Waals surface area contributed by atoms with Gasteiger partial charge in [-0.1, -0.05) is 6.92 Å². The molecule has 23 heavy (non-hydrogen) atoms. The van der Waals surface area contributed by atoms with E-state index in [0.29, 0.717) is 52.3 Å². The van der Waals surface area contributed by atoms with Crippen molar-refractivity contribution in [2.24, 2.45) is 11.8 Å². The second-order valence-corrected chi connectivity index (χ2v) is 7.67. The minimum atomic E-state index is -0.248. The van der Waals surface area contributed by atoms with E-state index in [0.717, 1.165) is 12.7 Å². The van der Waals surface area contributed by atoms with Gasteiger partial charge in [0, 0.05) is 18.5 Å². The van der Waals surface area contributed by atoms with Crippen LogP contribution in [0.25, 0.3) is 10.2 Å². The summed E-state index contributed by atoms with van der Waals surface area (Å²) in [5.74, 6) is 0.642. The molecule has 1 saturated heterocycles. The fraction of sp³-hybridized carbons (Fsp3) is 0.562. The number of hydrogen-bond donors (Lipinski definition) is 0. The third-order valence-corrected chi connectivity index (χ3v) is 6.17. The number of carbonyl (C=O) groups excluding carboxylic acids is 1. The SMILES string of the molecule is Cc1c(C=O)sc2c1c(=O)n([C@H]1C[C@@H]1C)c(=O)n2CC1COC1. The topological polar surface area (TPSA) is 70.3 Å². The second-order valence-electron chi connectivity index (χ2n) is 6.64. The first kappa shape index (κ1) is 14.8. The monoisotopic (exact) mass is 334 g/mol. The summed E-state index contributed by atoms with van der Waals surface area (Å²) in [6.07, 6.45) is 1.63. The molecule has 0 bridgehead atoms. The summed E-state index contributed by atoms with van der Waals surface area (Å²) in [5, 5.41) is 0.524. The van der Waals surface area contributed by atoms with E-state index in [2.05, 4.69) is 0 Å². The van der Waals surface area contributed by atoms with E-state index >= 15 is 0 Å². The van der Waals surface area contributed by atoms with E-state index in [1.165, 1.54) is 15.9 Å². The van der Waals surface area contributed by atoms with Gasteiger partial charge < -0.3 is 4.74 Å². The minimum Gasteiger partial charge on any atom is -0.381 e. The van der Waals surface area contributed by atoms with E-state index in [1.807, 2.05) is 6.92 Å². The molecule has 2 atom stereocenters. The molecule has 1 aliphatic carbocycles. The molecular weight excluding hydrogens is 316 g/mol. The Kier molecular flexibility index (Phi) is 3.32. The number of aromatic nitrogens is 2. The van der Waals surface area contributed by atoms with Crippen LogP contribution in [0.4, 0.5) is 0 Å². The Morgan fingerprint density at radius 3 is 2.57 bits per heavy atom. The number of aldehydes is 1.